The number of aryl methyl sites for hydroxylation is 3. The molecule has 0 fully saturated rings. The van der Waals surface area contributed by atoms with Gasteiger partial charge in [-0.2, -0.15) is 0 Å². The molecule has 0 atom stereocenters. The van der Waals surface area contributed by atoms with Gasteiger partial charge in [0.05, 0.1) is 0 Å². The second-order valence-corrected chi connectivity index (χ2v) is 6.29. The number of hydrogen-bond donors (Lipinski definition) is 1. The number of carboxylic acids is 1. The molecule has 0 spiro atoms. The van der Waals surface area contributed by atoms with Crippen LogP contribution in [0.4, 0.5) is 0 Å². The Balaban J connectivity index is 2.17. The maximum Gasteiger partial charge on any atom is 0.303 e. The molecule has 0 aliphatic rings. The first-order chi connectivity index (χ1) is 10.6. The molecule has 0 radical (unpaired) electrons. The quantitative estimate of drug-likeness (QED) is 0.477. The monoisotopic (exact) mass is 308 g/mol. The number of unbranched alkanes of at least 4 members (excludes halogenated alkanes) is 7. The summed E-state index contributed by atoms with van der Waals surface area (Å²) in [5, 5.41) is 8.62. The summed E-state index contributed by atoms with van der Waals surface area (Å²) in [6.07, 6.45) is 13.0. The zero-order valence-corrected chi connectivity index (χ0v) is 14.3. The summed E-state index contributed by atoms with van der Waals surface area (Å²) in [5.74, 6) is 1.43. The summed E-state index contributed by atoms with van der Waals surface area (Å²) in [5.41, 5.74) is 1.25. The van der Waals surface area contributed by atoms with Gasteiger partial charge in [-0.3, -0.25) is 4.79 Å². The molecular weight excluding hydrogens is 276 g/mol. The summed E-state index contributed by atoms with van der Waals surface area (Å²) in [6, 6.07) is 2.12. The molecule has 0 amide bonds. The highest BCUT2D eigenvalue weighted by molar-refractivity contribution is 5.66. The minimum absolute atomic E-state index is 0.255. The maximum atomic E-state index is 10.5. The third-order valence-electron chi connectivity index (χ3n) is 4.14. The maximum absolute atomic E-state index is 10.5. The molecule has 22 heavy (non-hydrogen) atoms. The molecule has 0 unspecified atom stereocenters. The zero-order chi connectivity index (χ0) is 16.2. The molecule has 1 aromatic rings. The van der Waals surface area contributed by atoms with E-state index in [1.54, 1.807) is 0 Å². The average molecular weight is 308 g/mol. The Morgan fingerprint density at radius 1 is 1.00 bits per heavy atom. The van der Waals surface area contributed by atoms with Gasteiger partial charge in [-0.15, -0.1) is 0 Å². The Morgan fingerprint density at radius 2 is 1.64 bits per heavy atom. The van der Waals surface area contributed by atoms with E-state index >= 15 is 0 Å². The van der Waals surface area contributed by atoms with Gasteiger partial charge in [-0.05, 0) is 37.8 Å². The molecule has 0 saturated heterocycles. The Hall–Kier alpha value is -1.25. The highest BCUT2D eigenvalue weighted by atomic mass is 16.4. The van der Waals surface area contributed by atoms with Crippen LogP contribution in [0.1, 0.15) is 88.2 Å². The number of carbonyl (C=O) groups is 1. The lowest BCUT2D eigenvalue weighted by molar-refractivity contribution is -0.137. The van der Waals surface area contributed by atoms with E-state index in [-0.39, 0.29) is 6.42 Å². The van der Waals surface area contributed by atoms with Crippen molar-refractivity contribution in [1.29, 1.82) is 0 Å². The van der Waals surface area contributed by atoms with Gasteiger partial charge in [0, 0.05) is 19.3 Å². The van der Waals surface area contributed by atoms with Crippen LogP contribution in [-0.2, 0) is 17.6 Å². The number of furan rings is 1. The largest absolute Gasteiger partial charge is 0.481 e. The molecule has 126 valence electrons. The van der Waals surface area contributed by atoms with Crippen molar-refractivity contribution in [2.75, 3.05) is 0 Å². The fourth-order valence-corrected chi connectivity index (χ4v) is 2.78. The van der Waals surface area contributed by atoms with Gasteiger partial charge in [-0.1, -0.05) is 45.4 Å². The van der Waals surface area contributed by atoms with E-state index in [9.17, 15) is 4.79 Å². The van der Waals surface area contributed by atoms with Crippen molar-refractivity contribution in [3.05, 3.63) is 23.2 Å². The van der Waals surface area contributed by atoms with Gasteiger partial charge in [-0.25, -0.2) is 0 Å². The van der Waals surface area contributed by atoms with Crippen molar-refractivity contribution < 1.29 is 14.3 Å². The Kier molecular flexibility index (Phi) is 9.69. The van der Waals surface area contributed by atoms with Crippen LogP contribution in [0.15, 0.2) is 10.5 Å². The van der Waals surface area contributed by atoms with Gasteiger partial charge < -0.3 is 9.52 Å². The molecule has 3 nitrogen and oxygen atoms in total. The normalized spacial score (nSPS) is 11.0. The van der Waals surface area contributed by atoms with E-state index in [1.165, 1.54) is 50.5 Å². The molecule has 1 aromatic heterocycles. The summed E-state index contributed by atoms with van der Waals surface area (Å²) in [6.45, 7) is 4.36. The molecule has 1 heterocycles. The Bertz CT molecular complexity index is 420. The third kappa shape index (κ3) is 8.26. The lowest BCUT2D eigenvalue weighted by Crippen LogP contribution is -1.94. The molecular formula is C19H32O3. The van der Waals surface area contributed by atoms with Crippen LogP contribution in [-0.4, -0.2) is 11.1 Å². The van der Waals surface area contributed by atoms with Crippen molar-refractivity contribution in [3.8, 4) is 0 Å². The van der Waals surface area contributed by atoms with Crippen LogP contribution in [0.3, 0.4) is 0 Å². The molecule has 3 heteroatoms. The summed E-state index contributed by atoms with van der Waals surface area (Å²) in [7, 11) is 0. The smallest absolute Gasteiger partial charge is 0.303 e. The number of carboxylic acid groups (broad SMARTS) is 1. The minimum Gasteiger partial charge on any atom is -0.481 e. The van der Waals surface area contributed by atoms with E-state index in [1.807, 2.05) is 0 Å². The van der Waals surface area contributed by atoms with Crippen molar-refractivity contribution in [2.45, 2.75) is 90.9 Å². The van der Waals surface area contributed by atoms with Crippen LogP contribution in [0.2, 0.25) is 0 Å². The Labute approximate surface area is 135 Å². The predicted molar refractivity (Wildman–Crippen MR) is 90.3 cm³/mol. The molecule has 1 rings (SSSR count). The predicted octanol–water partition coefficient (Wildman–Crippen LogP) is 5.68. The Morgan fingerprint density at radius 3 is 2.32 bits per heavy atom. The SMILES string of the molecule is CCCCCCCCCc1oc(CCCCC(=O)O)cc1C. The molecule has 0 bridgehead atoms. The summed E-state index contributed by atoms with van der Waals surface area (Å²) >= 11 is 0. The lowest BCUT2D eigenvalue weighted by atomic mass is 10.1. The topological polar surface area (TPSA) is 50.4 Å². The highest BCUT2D eigenvalue weighted by Crippen LogP contribution is 2.19. The fourth-order valence-electron chi connectivity index (χ4n) is 2.78. The first-order valence-corrected chi connectivity index (χ1v) is 8.93. The van der Waals surface area contributed by atoms with Crippen molar-refractivity contribution in [3.63, 3.8) is 0 Å². The third-order valence-corrected chi connectivity index (χ3v) is 4.14. The van der Waals surface area contributed by atoms with Gasteiger partial charge >= 0.3 is 5.97 Å². The van der Waals surface area contributed by atoms with Crippen molar-refractivity contribution >= 4 is 5.97 Å². The van der Waals surface area contributed by atoms with E-state index in [0.717, 1.165) is 37.2 Å². The van der Waals surface area contributed by atoms with Crippen LogP contribution >= 0.6 is 0 Å². The van der Waals surface area contributed by atoms with E-state index < -0.39 is 5.97 Å². The van der Waals surface area contributed by atoms with E-state index in [0.29, 0.717) is 0 Å². The second kappa shape index (κ2) is 11.3. The molecule has 0 aromatic carbocycles. The van der Waals surface area contributed by atoms with Crippen LogP contribution in [0, 0.1) is 6.92 Å². The molecule has 1 N–H and O–H groups in total. The van der Waals surface area contributed by atoms with Gasteiger partial charge in [0.1, 0.15) is 11.5 Å². The first kappa shape index (κ1) is 18.8. The van der Waals surface area contributed by atoms with Crippen molar-refractivity contribution in [2.24, 2.45) is 0 Å². The zero-order valence-electron chi connectivity index (χ0n) is 14.3. The average Bonchev–Trinajstić information content (AvgIpc) is 2.83. The summed E-state index contributed by atoms with van der Waals surface area (Å²) < 4.78 is 5.92. The van der Waals surface area contributed by atoms with Gasteiger partial charge in [0.15, 0.2) is 0 Å². The standard InChI is InChI=1S/C19H32O3/c1-3-4-5-6-7-8-9-13-18-16(2)15-17(22-18)12-10-11-14-19(20)21/h15H,3-14H2,1-2H3,(H,20,21). The number of aliphatic carboxylic acids is 1. The van der Waals surface area contributed by atoms with E-state index in [4.69, 9.17) is 9.52 Å². The fraction of sp³-hybridized carbons (Fsp3) is 0.737. The molecule has 0 aliphatic heterocycles. The lowest BCUT2D eigenvalue weighted by Gasteiger charge is -2.01. The van der Waals surface area contributed by atoms with Gasteiger partial charge in [0.2, 0.25) is 0 Å². The van der Waals surface area contributed by atoms with Crippen LogP contribution in [0.25, 0.3) is 0 Å². The summed E-state index contributed by atoms with van der Waals surface area (Å²) in [4.78, 5) is 10.5. The first-order valence-electron chi connectivity index (χ1n) is 8.93. The molecule has 0 saturated carbocycles. The van der Waals surface area contributed by atoms with Crippen LogP contribution in [0.5, 0.6) is 0 Å². The highest BCUT2D eigenvalue weighted by Gasteiger charge is 2.08. The van der Waals surface area contributed by atoms with Gasteiger partial charge in [0.25, 0.3) is 0 Å². The molecule has 0 aliphatic carbocycles. The number of rotatable bonds is 13. The van der Waals surface area contributed by atoms with E-state index in [2.05, 4.69) is 19.9 Å². The minimum atomic E-state index is -0.713. The number of hydrogen-bond acceptors (Lipinski definition) is 2. The second-order valence-electron chi connectivity index (χ2n) is 6.29. The van der Waals surface area contributed by atoms with Crippen LogP contribution < -0.4 is 0 Å². The van der Waals surface area contributed by atoms with Crippen molar-refractivity contribution in [1.82, 2.24) is 0 Å².